The monoisotopic (exact) mass is 483 g/mol. The Labute approximate surface area is 190 Å². The highest BCUT2D eigenvalue weighted by Crippen LogP contribution is 2.50. The molecule has 12 heteroatoms. The molecule has 2 aromatic heterocycles. The Hall–Kier alpha value is -3.44. The summed E-state index contributed by atoms with van der Waals surface area (Å²) in [7, 11) is 0. The number of aliphatic hydroxyl groups is 1. The fourth-order valence-electron chi connectivity index (χ4n) is 3.22. The number of benzene rings is 1. The second-order valence-corrected chi connectivity index (χ2v) is 7.44. The topological polar surface area (TPSA) is 115 Å². The van der Waals surface area contributed by atoms with Gasteiger partial charge in [-0.1, -0.05) is 24.6 Å². The van der Waals surface area contributed by atoms with Crippen molar-refractivity contribution in [3.8, 4) is 17.5 Å². The Morgan fingerprint density at radius 3 is 2.30 bits per heavy atom. The maximum atomic E-state index is 14.1. The normalized spacial score (nSPS) is 14.3. The van der Waals surface area contributed by atoms with Crippen LogP contribution in [0.4, 0.5) is 18.0 Å². The van der Waals surface area contributed by atoms with Gasteiger partial charge in [0, 0.05) is 35.0 Å². The molecule has 1 aromatic carbocycles. The van der Waals surface area contributed by atoms with Gasteiger partial charge in [0.25, 0.3) is 0 Å². The molecular weight excluding hydrogens is 467 g/mol. The fraction of sp³-hybridized carbons (Fsp3) is 0.238. The number of alkyl halides is 3. The lowest BCUT2D eigenvalue weighted by atomic mass is 9.78. The molecule has 0 fully saturated rings. The molecule has 0 aliphatic rings. The summed E-state index contributed by atoms with van der Waals surface area (Å²) in [5, 5.41) is 26.5. The van der Waals surface area contributed by atoms with Gasteiger partial charge in [-0.3, -0.25) is 4.98 Å². The summed E-state index contributed by atoms with van der Waals surface area (Å²) in [6.45, 7) is 2.74. The minimum atomic E-state index is -5.01. The summed E-state index contributed by atoms with van der Waals surface area (Å²) in [6, 6.07) is 8.70. The highest BCUT2D eigenvalue weighted by molar-refractivity contribution is 6.31. The first-order valence-corrected chi connectivity index (χ1v) is 9.73. The van der Waals surface area contributed by atoms with Crippen molar-refractivity contribution in [3.63, 3.8) is 0 Å². The van der Waals surface area contributed by atoms with Gasteiger partial charge in [0.05, 0.1) is 0 Å². The molecule has 0 aliphatic heterocycles. The summed E-state index contributed by atoms with van der Waals surface area (Å²) in [6.07, 6.45) is -5.37. The Morgan fingerprint density at radius 2 is 1.76 bits per heavy atom. The predicted octanol–water partition coefficient (Wildman–Crippen LogP) is 5.24. The van der Waals surface area contributed by atoms with Crippen molar-refractivity contribution in [1.82, 2.24) is 15.2 Å². The number of ether oxygens (including phenoxy) is 2. The standard InChI is InChI=1S/C21H17ClF3N3O5/c1-11-9-13(7-8-26-11)20(31,21(23,24)25)12(2)15-4-3-14(10-16(15)22)32-17-5-6-18(28-27-17)33-19(29)30/h3-10,12,31H,1-2H3,(H,29,30). The van der Waals surface area contributed by atoms with E-state index in [9.17, 15) is 23.1 Å². The summed E-state index contributed by atoms with van der Waals surface area (Å²) < 4.78 is 52.0. The number of aryl methyl sites for hydroxylation is 1. The van der Waals surface area contributed by atoms with Crippen LogP contribution in [0.1, 0.15) is 29.7 Å². The van der Waals surface area contributed by atoms with Crippen LogP contribution in [0.15, 0.2) is 48.7 Å². The molecule has 2 heterocycles. The van der Waals surface area contributed by atoms with E-state index in [1.807, 2.05) is 0 Å². The molecule has 2 atom stereocenters. The number of nitrogens with zero attached hydrogens (tertiary/aromatic N) is 3. The first-order valence-electron chi connectivity index (χ1n) is 9.36. The average Bonchev–Trinajstić information content (AvgIpc) is 2.73. The zero-order chi connectivity index (χ0) is 24.4. The van der Waals surface area contributed by atoms with Crippen molar-refractivity contribution >= 4 is 17.8 Å². The quantitative estimate of drug-likeness (QED) is 0.458. The van der Waals surface area contributed by atoms with E-state index in [0.717, 1.165) is 6.07 Å². The minimum Gasteiger partial charge on any atom is -0.449 e. The van der Waals surface area contributed by atoms with Crippen LogP contribution in [-0.2, 0) is 5.60 Å². The molecule has 0 saturated carbocycles. The maximum Gasteiger partial charge on any atom is 0.512 e. The van der Waals surface area contributed by atoms with Crippen molar-refractivity contribution in [2.24, 2.45) is 0 Å². The lowest BCUT2D eigenvalue weighted by molar-refractivity contribution is -0.274. The van der Waals surface area contributed by atoms with Gasteiger partial charge in [0.2, 0.25) is 11.8 Å². The Balaban J connectivity index is 1.89. The molecule has 3 aromatic rings. The van der Waals surface area contributed by atoms with Crippen molar-refractivity contribution < 1.29 is 37.7 Å². The molecule has 8 nitrogen and oxygen atoms in total. The fourth-order valence-corrected chi connectivity index (χ4v) is 3.55. The summed E-state index contributed by atoms with van der Waals surface area (Å²) in [5.74, 6) is -1.65. The predicted molar refractivity (Wildman–Crippen MR) is 110 cm³/mol. The third kappa shape index (κ3) is 5.15. The zero-order valence-corrected chi connectivity index (χ0v) is 17.9. The van der Waals surface area contributed by atoms with E-state index in [0.29, 0.717) is 5.69 Å². The Kier molecular flexibility index (Phi) is 6.75. The lowest BCUT2D eigenvalue weighted by Gasteiger charge is -2.37. The highest BCUT2D eigenvalue weighted by Gasteiger charge is 2.59. The van der Waals surface area contributed by atoms with Crippen LogP contribution in [0.25, 0.3) is 0 Å². The van der Waals surface area contributed by atoms with Crippen molar-refractivity contribution in [2.45, 2.75) is 31.5 Å². The Morgan fingerprint density at radius 1 is 1.09 bits per heavy atom. The smallest absolute Gasteiger partial charge is 0.449 e. The molecule has 33 heavy (non-hydrogen) atoms. The molecule has 2 N–H and O–H groups in total. The van der Waals surface area contributed by atoms with E-state index >= 15 is 0 Å². The minimum absolute atomic E-state index is 0.0367. The van der Waals surface area contributed by atoms with Crippen molar-refractivity contribution in [3.05, 3.63) is 70.5 Å². The van der Waals surface area contributed by atoms with E-state index in [2.05, 4.69) is 19.9 Å². The number of hydrogen-bond acceptors (Lipinski definition) is 7. The van der Waals surface area contributed by atoms with Crippen LogP contribution < -0.4 is 9.47 Å². The summed E-state index contributed by atoms with van der Waals surface area (Å²) in [4.78, 5) is 14.4. The molecule has 3 rings (SSSR count). The molecule has 2 unspecified atom stereocenters. The lowest BCUT2D eigenvalue weighted by Crippen LogP contribution is -2.46. The molecule has 0 radical (unpaired) electrons. The van der Waals surface area contributed by atoms with Gasteiger partial charge in [-0.05, 0) is 42.3 Å². The maximum absolute atomic E-state index is 14.1. The molecule has 0 saturated heterocycles. The molecule has 0 spiro atoms. The van der Waals surface area contributed by atoms with Gasteiger partial charge in [-0.25, -0.2) is 4.79 Å². The highest BCUT2D eigenvalue weighted by atomic mass is 35.5. The number of aromatic nitrogens is 3. The first kappa shape index (κ1) is 24.2. The second kappa shape index (κ2) is 9.20. The van der Waals surface area contributed by atoms with E-state index in [1.165, 1.54) is 56.4 Å². The third-order valence-electron chi connectivity index (χ3n) is 4.86. The van der Waals surface area contributed by atoms with Crippen LogP contribution in [0.2, 0.25) is 5.02 Å². The molecule has 174 valence electrons. The van der Waals surface area contributed by atoms with Gasteiger partial charge in [0.15, 0.2) is 5.60 Å². The second-order valence-electron chi connectivity index (χ2n) is 7.03. The number of rotatable bonds is 6. The summed E-state index contributed by atoms with van der Waals surface area (Å²) >= 11 is 6.26. The van der Waals surface area contributed by atoms with Gasteiger partial charge in [-0.2, -0.15) is 13.2 Å². The van der Waals surface area contributed by atoms with E-state index in [-0.39, 0.29) is 33.7 Å². The molecule has 0 amide bonds. The number of pyridine rings is 1. The number of halogens is 4. The van der Waals surface area contributed by atoms with Gasteiger partial charge in [0.1, 0.15) is 5.75 Å². The van der Waals surface area contributed by atoms with E-state index in [1.54, 1.807) is 0 Å². The van der Waals surface area contributed by atoms with Gasteiger partial charge in [-0.15, -0.1) is 10.2 Å². The third-order valence-corrected chi connectivity index (χ3v) is 5.19. The van der Waals surface area contributed by atoms with Crippen molar-refractivity contribution in [2.75, 3.05) is 0 Å². The number of carboxylic acid groups (broad SMARTS) is 1. The van der Waals surface area contributed by atoms with E-state index in [4.69, 9.17) is 21.4 Å². The molecule has 0 aliphatic carbocycles. The SMILES string of the molecule is Cc1cc(C(O)(C(C)c2ccc(Oc3ccc(OC(=O)O)nn3)cc2Cl)C(F)(F)F)ccn1. The van der Waals surface area contributed by atoms with Crippen LogP contribution in [0.5, 0.6) is 17.5 Å². The molecule has 0 bridgehead atoms. The number of carbonyl (C=O) groups is 1. The Bertz CT molecular complexity index is 1160. The number of hydrogen-bond donors (Lipinski definition) is 2. The van der Waals surface area contributed by atoms with E-state index < -0.39 is 23.9 Å². The zero-order valence-electron chi connectivity index (χ0n) is 17.2. The summed E-state index contributed by atoms with van der Waals surface area (Å²) in [5.41, 5.74) is -3.23. The van der Waals surface area contributed by atoms with Crippen LogP contribution in [0, 0.1) is 6.92 Å². The van der Waals surface area contributed by atoms with Gasteiger partial charge >= 0.3 is 12.3 Å². The van der Waals surface area contributed by atoms with Crippen molar-refractivity contribution in [1.29, 1.82) is 0 Å². The average molecular weight is 484 g/mol. The largest absolute Gasteiger partial charge is 0.512 e. The molecular formula is C21H17ClF3N3O5. The van der Waals surface area contributed by atoms with Crippen LogP contribution in [0.3, 0.4) is 0 Å². The van der Waals surface area contributed by atoms with Crippen LogP contribution >= 0.6 is 11.6 Å². The van der Waals surface area contributed by atoms with Crippen LogP contribution in [-0.4, -0.2) is 37.7 Å². The van der Waals surface area contributed by atoms with Gasteiger partial charge < -0.3 is 19.7 Å². The first-order chi connectivity index (χ1) is 15.4.